The molecule has 0 unspecified atom stereocenters. The predicted molar refractivity (Wildman–Crippen MR) is 87.9 cm³/mol. The van der Waals surface area contributed by atoms with Crippen molar-refractivity contribution >= 4 is 17.2 Å². The van der Waals surface area contributed by atoms with E-state index in [9.17, 15) is 4.79 Å². The van der Waals surface area contributed by atoms with E-state index < -0.39 is 0 Å². The van der Waals surface area contributed by atoms with Gasteiger partial charge >= 0.3 is 0 Å². The van der Waals surface area contributed by atoms with E-state index in [0.717, 1.165) is 34.1 Å². The molecule has 0 bridgehead atoms. The Hall–Kier alpha value is -1.62. The third kappa shape index (κ3) is 3.35. The van der Waals surface area contributed by atoms with Gasteiger partial charge in [-0.3, -0.25) is 9.48 Å². The summed E-state index contributed by atoms with van der Waals surface area (Å²) in [6.07, 6.45) is 1.04. The van der Waals surface area contributed by atoms with E-state index in [1.165, 1.54) is 11.3 Å². The number of carbonyl (C=O) groups is 1. The second kappa shape index (κ2) is 6.43. The molecular formula is C16H23N3OS. The van der Waals surface area contributed by atoms with E-state index in [2.05, 4.69) is 31.5 Å². The standard InChI is InChI=1S/C16H23N3OS/c1-6-9-19-13(10-12(17-19)11(2)3)14-7-8-15(21-14)16(20)18(4)5/h7-8,10-11H,6,9H2,1-5H3. The highest BCUT2D eigenvalue weighted by molar-refractivity contribution is 7.17. The molecule has 2 heterocycles. The predicted octanol–water partition coefficient (Wildman–Crippen LogP) is 3.85. The van der Waals surface area contributed by atoms with Gasteiger partial charge in [0.15, 0.2) is 0 Å². The number of hydrogen-bond donors (Lipinski definition) is 0. The molecule has 1 amide bonds. The molecule has 0 spiro atoms. The molecular weight excluding hydrogens is 282 g/mol. The van der Waals surface area contributed by atoms with Gasteiger partial charge in [-0.1, -0.05) is 20.8 Å². The highest BCUT2D eigenvalue weighted by Crippen LogP contribution is 2.31. The summed E-state index contributed by atoms with van der Waals surface area (Å²) < 4.78 is 2.06. The number of carbonyl (C=O) groups excluding carboxylic acids is 1. The summed E-state index contributed by atoms with van der Waals surface area (Å²) in [5.41, 5.74) is 2.22. The van der Waals surface area contributed by atoms with E-state index in [-0.39, 0.29) is 5.91 Å². The Labute approximate surface area is 130 Å². The molecule has 0 aromatic carbocycles. The Morgan fingerprint density at radius 1 is 1.38 bits per heavy atom. The molecule has 0 saturated heterocycles. The van der Waals surface area contributed by atoms with Crippen molar-refractivity contribution in [3.63, 3.8) is 0 Å². The zero-order chi connectivity index (χ0) is 15.6. The Bertz CT molecular complexity index is 625. The van der Waals surface area contributed by atoms with Crippen LogP contribution in [0.15, 0.2) is 18.2 Å². The van der Waals surface area contributed by atoms with Gasteiger partial charge in [-0.25, -0.2) is 0 Å². The van der Waals surface area contributed by atoms with Crippen molar-refractivity contribution in [3.05, 3.63) is 28.8 Å². The fourth-order valence-electron chi connectivity index (χ4n) is 2.11. The maximum absolute atomic E-state index is 12.0. The molecule has 0 N–H and O–H groups in total. The van der Waals surface area contributed by atoms with Crippen molar-refractivity contribution in [1.29, 1.82) is 0 Å². The Kier molecular flexibility index (Phi) is 4.83. The second-order valence-corrected chi connectivity index (χ2v) is 6.78. The average molecular weight is 305 g/mol. The van der Waals surface area contributed by atoms with Crippen LogP contribution in [0, 0.1) is 0 Å². The van der Waals surface area contributed by atoms with Crippen molar-refractivity contribution in [3.8, 4) is 10.6 Å². The Morgan fingerprint density at radius 3 is 2.67 bits per heavy atom. The van der Waals surface area contributed by atoms with Crippen LogP contribution in [0.25, 0.3) is 10.6 Å². The maximum atomic E-state index is 12.0. The molecule has 114 valence electrons. The molecule has 2 rings (SSSR count). The zero-order valence-electron chi connectivity index (χ0n) is 13.4. The molecule has 2 aromatic rings. The minimum absolute atomic E-state index is 0.0527. The molecule has 0 saturated carbocycles. The average Bonchev–Trinajstić information content (AvgIpc) is 3.04. The van der Waals surface area contributed by atoms with E-state index >= 15 is 0 Å². The van der Waals surface area contributed by atoms with Crippen LogP contribution in [0.5, 0.6) is 0 Å². The van der Waals surface area contributed by atoms with Crippen LogP contribution in [0.3, 0.4) is 0 Å². The normalized spacial score (nSPS) is 11.1. The van der Waals surface area contributed by atoms with Crippen molar-refractivity contribution < 1.29 is 4.79 Å². The topological polar surface area (TPSA) is 38.1 Å². The summed E-state index contributed by atoms with van der Waals surface area (Å²) in [4.78, 5) is 15.5. The van der Waals surface area contributed by atoms with Crippen molar-refractivity contribution in [2.75, 3.05) is 14.1 Å². The van der Waals surface area contributed by atoms with Crippen molar-refractivity contribution in [1.82, 2.24) is 14.7 Å². The summed E-state index contributed by atoms with van der Waals surface area (Å²) in [5.74, 6) is 0.460. The van der Waals surface area contributed by atoms with E-state index in [1.807, 2.05) is 12.1 Å². The van der Waals surface area contributed by atoms with E-state index in [0.29, 0.717) is 5.92 Å². The third-order valence-electron chi connectivity index (χ3n) is 3.30. The molecule has 2 aromatic heterocycles. The lowest BCUT2D eigenvalue weighted by Gasteiger charge is -2.07. The third-order valence-corrected chi connectivity index (χ3v) is 4.40. The minimum Gasteiger partial charge on any atom is -0.344 e. The van der Waals surface area contributed by atoms with Gasteiger partial charge in [0.1, 0.15) is 0 Å². The molecule has 21 heavy (non-hydrogen) atoms. The highest BCUT2D eigenvalue weighted by Gasteiger charge is 2.16. The molecule has 0 atom stereocenters. The van der Waals surface area contributed by atoms with Gasteiger partial charge in [0.25, 0.3) is 5.91 Å². The monoisotopic (exact) mass is 305 g/mol. The Balaban J connectivity index is 2.39. The first-order valence-corrected chi connectivity index (χ1v) is 8.15. The fourth-order valence-corrected chi connectivity index (χ4v) is 3.16. The SMILES string of the molecule is CCCn1nc(C(C)C)cc1-c1ccc(C(=O)N(C)C)s1. The number of amides is 1. The first-order valence-electron chi connectivity index (χ1n) is 7.33. The lowest BCUT2D eigenvalue weighted by molar-refractivity contribution is 0.0832. The molecule has 5 heteroatoms. The first-order chi connectivity index (χ1) is 9.93. The molecule has 4 nitrogen and oxygen atoms in total. The van der Waals surface area contributed by atoms with E-state index in [1.54, 1.807) is 19.0 Å². The quantitative estimate of drug-likeness (QED) is 0.841. The molecule has 0 aliphatic heterocycles. The first kappa shape index (κ1) is 15.8. The molecule has 0 radical (unpaired) electrons. The number of hydrogen-bond acceptors (Lipinski definition) is 3. The molecule has 0 aliphatic carbocycles. The lowest BCUT2D eigenvalue weighted by Crippen LogP contribution is -2.20. The Morgan fingerprint density at radius 2 is 2.10 bits per heavy atom. The van der Waals surface area contributed by atoms with Crippen LogP contribution in [0.4, 0.5) is 0 Å². The number of nitrogens with zero attached hydrogens (tertiary/aromatic N) is 3. The number of rotatable bonds is 5. The van der Waals surface area contributed by atoms with Crippen LogP contribution >= 0.6 is 11.3 Å². The number of aryl methyl sites for hydroxylation is 1. The summed E-state index contributed by atoms with van der Waals surface area (Å²) in [6.45, 7) is 7.35. The van der Waals surface area contributed by atoms with Crippen LogP contribution in [0.2, 0.25) is 0 Å². The van der Waals surface area contributed by atoms with Crippen LogP contribution in [-0.4, -0.2) is 34.7 Å². The largest absolute Gasteiger partial charge is 0.344 e. The number of aromatic nitrogens is 2. The summed E-state index contributed by atoms with van der Waals surface area (Å²) in [7, 11) is 3.56. The van der Waals surface area contributed by atoms with Crippen LogP contribution in [-0.2, 0) is 6.54 Å². The second-order valence-electron chi connectivity index (χ2n) is 5.70. The van der Waals surface area contributed by atoms with Crippen molar-refractivity contribution in [2.45, 2.75) is 39.7 Å². The molecule has 0 fully saturated rings. The van der Waals surface area contributed by atoms with Gasteiger partial charge in [-0.2, -0.15) is 5.10 Å². The van der Waals surface area contributed by atoms with Crippen LogP contribution in [0.1, 0.15) is 48.5 Å². The lowest BCUT2D eigenvalue weighted by atomic mass is 10.1. The van der Waals surface area contributed by atoms with Crippen LogP contribution < -0.4 is 0 Å². The van der Waals surface area contributed by atoms with Gasteiger partial charge < -0.3 is 4.90 Å². The smallest absolute Gasteiger partial charge is 0.263 e. The van der Waals surface area contributed by atoms with Gasteiger partial charge in [0.2, 0.25) is 0 Å². The number of thiophene rings is 1. The van der Waals surface area contributed by atoms with Gasteiger partial charge in [0, 0.05) is 20.6 Å². The maximum Gasteiger partial charge on any atom is 0.263 e. The van der Waals surface area contributed by atoms with Gasteiger partial charge in [-0.05, 0) is 30.5 Å². The highest BCUT2D eigenvalue weighted by atomic mass is 32.1. The van der Waals surface area contributed by atoms with Gasteiger partial charge in [-0.15, -0.1) is 11.3 Å². The van der Waals surface area contributed by atoms with E-state index in [4.69, 9.17) is 5.10 Å². The minimum atomic E-state index is 0.0527. The summed E-state index contributed by atoms with van der Waals surface area (Å²) in [5, 5.41) is 4.69. The summed E-state index contributed by atoms with van der Waals surface area (Å²) >= 11 is 1.54. The fraction of sp³-hybridized carbons (Fsp3) is 0.500. The zero-order valence-corrected chi connectivity index (χ0v) is 14.2. The van der Waals surface area contributed by atoms with Crippen molar-refractivity contribution in [2.24, 2.45) is 0 Å². The molecule has 0 aliphatic rings. The summed E-state index contributed by atoms with van der Waals surface area (Å²) in [6, 6.07) is 6.07. The van der Waals surface area contributed by atoms with Gasteiger partial charge in [0.05, 0.1) is 21.1 Å².